The number of hydrogen-bond donors (Lipinski definition) is 0. The van der Waals surface area contributed by atoms with Gasteiger partial charge in [0.25, 0.3) is 0 Å². The molecule has 0 saturated heterocycles. The summed E-state index contributed by atoms with van der Waals surface area (Å²) in [5.41, 5.74) is 1.87. The van der Waals surface area contributed by atoms with Crippen LogP contribution in [0.1, 0.15) is 23.7 Å². The smallest absolute Gasteiger partial charge is 0.150 e. The molecule has 0 bridgehead atoms. The summed E-state index contributed by atoms with van der Waals surface area (Å²) in [6.45, 7) is 3.17. The Morgan fingerprint density at radius 1 is 1.38 bits per heavy atom. The van der Waals surface area contributed by atoms with E-state index in [1.807, 2.05) is 24.3 Å². The topological polar surface area (TPSA) is 20.3 Å². The second-order valence-electron chi connectivity index (χ2n) is 2.80. The van der Waals surface area contributed by atoms with Crippen molar-refractivity contribution in [3.63, 3.8) is 0 Å². The number of benzene rings is 1. The molecule has 0 fully saturated rings. The highest BCUT2D eigenvalue weighted by Gasteiger charge is 1.99. The first kappa shape index (κ1) is 10.5. The van der Waals surface area contributed by atoms with Crippen LogP contribution in [0.2, 0.25) is 0 Å². The molecule has 1 aromatic rings. The zero-order valence-corrected chi connectivity index (χ0v) is 9.69. The van der Waals surface area contributed by atoms with E-state index in [-0.39, 0.29) is 0 Å². The molecule has 70 valence electrons. The zero-order valence-electron chi connectivity index (χ0n) is 7.53. The fourth-order valence-electron chi connectivity index (χ4n) is 1.04. The molecule has 0 aliphatic heterocycles. The number of rotatable bonds is 4. The van der Waals surface area contributed by atoms with E-state index < -0.39 is 0 Å². The summed E-state index contributed by atoms with van der Waals surface area (Å²) in [4.78, 5) is 10.4. The predicted octanol–water partition coefficient (Wildman–Crippen LogP) is 3.07. The van der Waals surface area contributed by atoms with Crippen LogP contribution in [0.5, 0.6) is 0 Å². The number of nitrogens with zero attached hydrogens (tertiary/aromatic N) is 1. The molecule has 2 nitrogen and oxygen atoms in total. The Bertz CT molecular complexity index is 271. The van der Waals surface area contributed by atoms with Crippen LogP contribution in [0.25, 0.3) is 0 Å². The van der Waals surface area contributed by atoms with Crippen molar-refractivity contribution in [2.75, 3.05) is 9.66 Å². The van der Waals surface area contributed by atoms with Crippen LogP contribution in [0.4, 0.5) is 5.69 Å². The second kappa shape index (κ2) is 5.21. The van der Waals surface area contributed by atoms with Gasteiger partial charge in [0, 0.05) is 17.8 Å². The average Bonchev–Trinajstić information content (AvgIpc) is 2.18. The molecule has 0 unspecified atom stereocenters. The number of aldehydes is 1. The fraction of sp³-hybridized carbons (Fsp3) is 0.300. The average molecular weight is 289 g/mol. The minimum atomic E-state index is 0.727. The summed E-state index contributed by atoms with van der Waals surface area (Å²) in [6, 6.07) is 7.60. The van der Waals surface area contributed by atoms with Crippen molar-refractivity contribution in [1.29, 1.82) is 0 Å². The fourth-order valence-corrected chi connectivity index (χ4v) is 1.84. The zero-order chi connectivity index (χ0) is 9.68. The summed E-state index contributed by atoms with van der Waals surface area (Å²) < 4.78 is 2.15. The molecule has 0 atom stereocenters. The highest BCUT2D eigenvalue weighted by molar-refractivity contribution is 14.1. The molecular weight excluding hydrogens is 277 g/mol. The number of anilines is 1. The van der Waals surface area contributed by atoms with Gasteiger partial charge in [-0.1, -0.05) is 6.92 Å². The van der Waals surface area contributed by atoms with Crippen molar-refractivity contribution in [3.05, 3.63) is 29.8 Å². The van der Waals surface area contributed by atoms with Crippen LogP contribution in [-0.4, -0.2) is 12.8 Å². The lowest BCUT2D eigenvalue weighted by Gasteiger charge is -2.15. The van der Waals surface area contributed by atoms with Gasteiger partial charge in [0.05, 0.1) is 22.9 Å². The monoisotopic (exact) mass is 289 g/mol. The van der Waals surface area contributed by atoms with Gasteiger partial charge in [0.15, 0.2) is 0 Å². The van der Waals surface area contributed by atoms with Gasteiger partial charge in [-0.2, -0.15) is 0 Å². The van der Waals surface area contributed by atoms with Crippen molar-refractivity contribution in [1.82, 2.24) is 0 Å². The van der Waals surface area contributed by atoms with E-state index in [0.717, 1.165) is 30.5 Å². The van der Waals surface area contributed by atoms with Gasteiger partial charge in [0.1, 0.15) is 6.29 Å². The van der Waals surface area contributed by atoms with Crippen LogP contribution in [0.15, 0.2) is 24.3 Å². The molecule has 13 heavy (non-hydrogen) atoms. The molecule has 0 spiro atoms. The highest BCUT2D eigenvalue weighted by atomic mass is 127. The van der Waals surface area contributed by atoms with Crippen molar-refractivity contribution in [2.45, 2.75) is 13.3 Å². The Balaban J connectivity index is 2.73. The number of carbonyl (C=O) groups excluding carboxylic acids is 1. The molecule has 0 aromatic heterocycles. The van der Waals surface area contributed by atoms with Gasteiger partial charge in [-0.15, -0.1) is 0 Å². The summed E-state index contributed by atoms with van der Waals surface area (Å²) in [7, 11) is 0. The van der Waals surface area contributed by atoms with E-state index in [9.17, 15) is 4.79 Å². The molecule has 0 aliphatic rings. The van der Waals surface area contributed by atoms with E-state index in [2.05, 4.69) is 32.9 Å². The van der Waals surface area contributed by atoms with Crippen molar-refractivity contribution >= 4 is 34.8 Å². The Hall–Kier alpha value is -0.580. The number of hydrogen-bond acceptors (Lipinski definition) is 2. The first-order chi connectivity index (χ1) is 6.27. The van der Waals surface area contributed by atoms with Gasteiger partial charge >= 0.3 is 0 Å². The number of halogens is 1. The van der Waals surface area contributed by atoms with Crippen LogP contribution in [0.3, 0.4) is 0 Å². The first-order valence-corrected chi connectivity index (χ1v) is 5.23. The van der Waals surface area contributed by atoms with Gasteiger partial charge in [-0.3, -0.25) is 4.79 Å². The van der Waals surface area contributed by atoms with Gasteiger partial charge in [-0.05, 0) is 30.7 Å². The third kappa shape index (κ3) is 2.99. The van der Waals surface area contributed by atoms with Crippen LogP contribution >= 0.6 is 22.9 Å². The van der Waals surface area contributed by atoms with Crippen molar-refractivity contribution in [2.24, 2.45) is 0 Å². The van der Waals surface area contributed by atoms with Crippen LogP contribution in [-0.2, 0) is 0 Å². The van der Waals surface area contributed by atoms with E-state index in [1.165, 1.54) is 0 Å². The quantitative estimate of drug-likeness (QED) is 0.482. The SMILES string of the molecule is CCCN(I)c1ccc(C=O)cc1. The normalized spacial score (nSPS) is 9.69. The Labute approximate surface area is 92.4 Å². The maximum Gasteiger partial charge on any atom is 0.150 e. The molecule has 0 saturated carbocycles. The third-order valence-electron chi connectivity index (χ3n) is 1.73. The number of carbonyl (C=O) groups is 1. The largest absolute Gasteiger partial charge is 0.315 e. The van der Waals surface area contributed by atoms with Crippen LogP contribution < -0.4 is 3.11 Å². The van der Waals surface area contributed by atoms with E-state index in [0.29, 0.717) is 0 Å². The molecule has 0 aliphatic carbocycles. The minimum absolute atomic E-state index is 0.727. The summed E-state index contributed by atoms with van der Waals surface area (Å²) in [6.07, 6.45) is 1.99. The van der Waals surface area contributed by atoms with E-state index in [1.54, 1.807) is 0 Å². The lowest BCUT2D eigenvalue weighted by atomic mass is 10.2. The molecule has 1 aromatic carbocycles. The molecule has 0 N–H and O–H groups in total. The molecule has 0 radical (unpaired) electrons. The molecule has 1 rings (SSSR count). The Morgan fingerprint density at radius 2 is 2.00 bits per heavy atom. The Morgan fingerprint density at radius 3 is 2.46 bits per heavy atom. The Kier molecular flexibility index (Phi) is 4.21. The van der Waals surface area contributed by atoms with Gasteiger partial charge < -0.3 is 3.11 Å². The highest BCUT2D eigenvalue weighted by Crippen LogP contribution is 2.18. The second-order valence-corrected chi connectivity index (χ2v) is 3.96. The van der Waals surface area contributed by atoms with Crippen LogP contribution in [0, 0.1) is 0 Å². The van der Waals surface area contributed by atoms with E-state index >= 15 is 0 Å². The van der Waals surface area contributed by atoms with Gasteiger partial charge in [-0.25, -0.2) is 0 Å². The summed E-state index contributed by atoms with van der Waals surface area (Å²) >= 11 is 2.28. The van der Waals surface area contributed by atoms with Crippen molar-refractivity contribution in [3.8, 4) is 0 Å². The first-order valence-electron chi connectivity index (χ1n) is 4.26. The van der Waals surface area contributed by atoms with Crippen molar-refractivity contribution < 1.29 is 4.79 Å². The predicted molar refractivity (Wildman–Crippen MR) is 63.5 cm³/mol. The lowest BCUT2D eigenvalue weighted by molar-refractivity contribution is 0.112. The standard InChI is InChI=1S/C10H12INO/c1-2-7-12(11)10-5-3-9(8-13)4-6-10/h3-6,8H,2,7H2,1H3. The summed E-state index contributed by atoms with van der Waals surface area (Å²) in [5, 5.41) is 0. The third-order valence-corrected chi connectivity index (χ3v) is 2.77. The lowest BCUT2D eigenvalue weighted by Crippen LogP contribution is -2.09. The van der Waals surface area contributed by atoms with E-state index in [4.69, 9.17) is 0 Å². The molecule has 3 heteroatoms. The molecule has 0 amide bonds. The summed E-state index contributed by atoms with van der Waals surface area (Å²) in [5.74, 6) is 0. The molecular formula is C10H12INO. The molecule has 0 heterocycles. The minimum Gasteiger partial charge on any atom is -0.315 e. The maximum absolute atomic E-state index is 10.4. The maximum atomic E-state index is 10.4. The van der Waals surface area contributed by atoms with Gasteiger partial charge in [0.2, 0.25) is 0 Å².